The van der Waals surface area contributed by atoms with E-state index in [1.165, 1.54) is 32.4 Å². The Labute approximate surface area is 142 Å². The zero-order chi connectivity index (χ0) is 18.4. The highest BCUT2D eigenvalue weighted by molar-refractivity contribution is 6.02. The number of carbonyl (C=O) groups excluding carboxylic acids is 1. The molecule has 1 N–H and O–H groups in total. The van der Waals surface area contributed by atoms with Gasteiger partial charge in [0, 0.05) is 12.1 Å². The number of amides is 1. The maximum absolute atomic E-state index is 12.7. The summed E-state index contributed by atoms with van der Waals surface area (Å²) in [5, 5.41) is 2.60. The lowest BCUT2D eigenvalue weighted by Crippen LogP contribution is -2.09. The van der Waals surface area contributed by atoms with E-state index < -0.39 is 17.6 Å². The molecule has 25 heavy (non-hydrogen) atoms. The molecular weight excluding hydrogens is 335 g/mol. The van der Waals surface area contributed by atoms with E-state index >= 15 is 0 Å². The van der Waals surface area contributed by atoms with Gasteiger partial charge in [0.1, 0.15) is 11.5 Å². The monoisotopic (exact) mass is 351 g/mol. The number of nitrogens with one attached hydrogen (secondary N) is 1. The van der Waals surface area contributed by atoms with Crippen LogP contribution < -0.4 is 14.8 Å². The summed E-state index contributed by atoms with van der Waals surface area (Å²) >= 11 is 0. The largest absolute Gasteiger partial charge is 0.497 e. The van der Waals surface area contributed by atoms with Gasteiger partial charge in [0.15, 0.2) is 0 Å². The molecule has 0 saturated carbocycles. The van der Waals surface area contributed by atoms with Crippen LogP contribution in [0.1, 0.15) is 11.1 Å². The van der Waals surface area contributed by atoms with Crippen LogP contribution in [0.4, 0.5) is 18.9 Å². The standard InChI is InChI=1S/C18H16F3NO3/c1-24-14-7-8-15(16(11-14)25-2)22-17(23)9-6-12-4-3-5-13(10-12)18(19,20)21/h3-11H,1-2H3,(H,22,23)/b9-6+. The molecule has 0 aliphatic heterocycles. The maximum Gasteiger partial charge on any atom is 0.416 e. The molecule has 0 spiro atoms. The molecule has 0 bridgehead atoms. The van der Waals surface area contributed by atoms with Crippen molar-refractivity contribution in [1.29, 1.82) is 0 Å². The number of hydrogen-bond donors (Lipinski definition) is 1. The molecule has 7 heteroatoms. The van der Waals surface area contributed by atoms with Crippen LogP contribution in [0.25, 0.3) is 6.08 Å². The second-order valence-electron chi connectivity index (χ2n) is 5.01. The lowest BCUT2D eigenvalue weighted by molar-refractivity contribution is -0.137. The fourth-order valence-corrected chi connectivity index (χ4v) is 2.07. The van der Waals surface area contributed by atoms with E-state index in [4.69, 9.17) is 9.47 Å². The molecule has 4 nitrogen and oxygen atoms in total. The third-order valence-electron chi connectivity index (χ3n) is 3.31. The molecule has 132 valence electrons. The highest BCUT2D eigenvalue weighted by Gasteiger charge is 2.30. The highest BCUT2D eigenvalue weighted by Crippen LogP contribution is 2.30. The van der Waals surface area contributed by atoms with E-state index in [0.717, 1.165) is 18.2 Å². The van der Waals surface area contributed by atoms with Gasteiger partial charge in [-0.3, -0.25) is 4.79 Å². The smallest absolute Gasteiger partial charge is 0.416 e. The average Bonchev–Trinajstić information content (AvgIpc) is 2.60. The minimum atomic E-state index is -4.43. The van der Waals surface area contributed by atoms with Crippen molar-refractivity contribution >= 4 is 17.7 Å². The lowest BCUT2D eigenvalue weighted by Gasteiger charge is -2.10. The van der Waals surface area contributed by atoms with E-state index in [-0.39, 0.29) is 5.56 Å². The molecule has 2 aromatic carbocycles. The first-order chi connectivity index (χ1) is 11.8. The normalized spacial score (nSPS) is 11.4. The van der Waals surface area contributed by atoms with Crippen LogP contribution >= 0.6 is 0 Å². The third kappa shape index (κ3) is 5.00. The molecule has 0 unspecified atom stereocenters. The Balaban J connectivity index is 2.11. The molecule has 1 amide bonds. The maximum atomic E-state index is 12.7. The van der Waals surface area contributed by atoms with Gasteiger partial charge in [-0.1, -0.05) is 12.1 Å². The highest BCUT2D eigenvalue weighted by atomic mass is 19.4. The topological polar surface area (TPSA) is 47.6 Å². The van der Waals surface area contributed by atoms with Gasteiger partial charge in [-0.2, -0.15) is 13.2 Å². The van der Waals surface area contributed by atoms with Gasteiger partial charge in [0.2, 0.25) is 5.91 Å². The van der Waals surface area contributed by atoms with Crippen molar-refractivity contribution in [3.63, 3.8) is 0 Å². The predicted octanol–water partition coefficient (Wildman–Crippen LogP) is 4.37. The van der Waals surface area contributed by atoms with Crippen molar-refractivity contribution in [2.45, 2.75) is 6.18 Å². The van der Waals surface area contributed by atoms with Gasteiger partial charge in [0.05, 0.1) is 25.5 Å². The molecule has 0 aliphatic rings. The van der Waals surface area contributed by atoms with E-state index in [0.29, 0.717) is 17.2 Å². The second-order valence-corrected chi connectivity index (χ2v) is 5.01. The quantitative estimate of drug-likeness (QED) is 0.814. The molecule has 0 saturated heterocycles. The zero-order valence-corrected chi connectivity index (χ0v) is 13.6. The number of methoxy groups -OCH3 is 2. The summed E-state index contributed by atoms with van der Waals surface area (Å²) < 4.78 is 48.2. The Morgan fingerprint density at radius 2 is 1.84 bits per heavy atom. The number of halogens is 3. The van der Waals surface area contributed by atoms with Crippen molar-refractivity contribution in [2.24, 2.45) is 0 Å². The summed E-state index contributed by atoms with van der Waals surface area (Å²) in [6.45, 7) is 0. The van der Waals surface area contributed by atoms with Crippen LogP contribution in [0.5, 0.6) is 11.5 Å². The summed E-state index contributed by atoms with van der Waals surface area (Å²) in [5.74, 6) is 0.468. The molecule has 0 aromatic heterocycles. The summed E-state index contributed by atoms with van der Waals surface area (Å²) in [7, 11) is 2.95. The number of benzene rings is 2. The van der Waals surface area contributed by atoms with Gasteiger partial charge < -0.3 is 14.8 Å². The van der Waals surface area contributed by atoms with E-state index in [1.807, 2.05) is 0 Å². The van der Waals surface area contributed by atoms with Gasteiger partial charge in [-0.15, -0.1) is 0 Å². The molecule has 0 aliphatic carbocycles. The van der Waals surface area contributed by atoms with Gasteiger partial charge in [-0.05, 0) is 35.9 Å². The average molecular weight is 351 g/mol. The first-order valence-electron chi connectivity index (χ1n) is 7.22. The van der Waals surface area contributed by atoms with Gasteiger partial charge in [0.25, 0.3) is 0 Å². The van der Waals surface area contributed by atoms with Crippen LogP contribution in [0.2, 0.25) is 0 Å². The minimum Gasteiger partial charge on any atom is -0.497 e. The fourth-order valence-electron chi connectivity index (χ4n) is 2.07. The summed E-state index contributed by atoms with van der Waals surface area (Å²) in [6.07, 6.45) is -1.97. The number of hydrogen-bond acceptors (Lipinski definition) is 3. The second kappa shape index (κ2) is 7.74. The van der Waals surface area contributed by atoms with Crippen molar-refractivity contribution in [1.82, 2.24) is 0 Å². The molecule has 0 radical (unpaired) electrons. The van der Waals surface area contributed by atoms with Crippen LogP contribution in [-0.4, -0.2) is 20.1 Å². The fraction of sp³-hybridized carbons (Fsp3) is 0.167. The number of rotatable bonds is 5. The molecule has 0 fully saturated rings. The number of ether oxygens (including phenoxy) is 2. The van der Waals surface area contributed by atoms with Crippen LogP contribution in [0.15, 0.2) is 48.5 Å². The summed E-state index contributed by atoms with van der Waals surface area (Å²) in [5.41, 5.74) is -0.0828. The Morgan fingerprint density at radius 1 is 1.08 bits per heavy atom. The van der Waals surface area contributed by atoms with Gasteiger partial charge in [-0.25, -0.2) is 0 Å². The summed E-state index contributed by atoms with van der Waals surface area (Å²) in [4.78, 5) is 12.0. The third-order valence-corrected chi connectivity index (χ3v) is 3.31. The number of anilines is 1. The zero-order valence-electron chi connectivity index (χ0n) is 13.6. The van der Waals surface area contributed by atoms with Crippen molar-refractivity contribution in [3.05, 3.63) is 59.7 Å². The molecule has 2 aromatic rings. The summed E-state index contributed by atoms with van der Waals surface area (Å²) in [6, 6.07) is 9.56. The van der Waals surface area contributed by atoms with E-state index in [9.17, 15) is 18.0 Å². The molecule has 2 rings (SSSR count). The Hall–Kier alpha value is -2.96. The van der Waals surface area contributed by atoms with Crippen LogP contribution in [-0.2, 0) is 11.0 Å². The number of alkyl halides is 3. The number of carbonyl (C=O) groups is 1. The van der Waals surface area contributed by atoms with Crippen LogP contribution in [0.3, 0.4) is 0 Å². The van der Waals surface area contributed by atoms with Crippen molar-refractivity contribution in [2.75, 3.05) is 19.5 Å². The Morgan fingerprint density at radius 3 is 2.48 bits per heavy atom. The van der Waals surface area contributed by atoms with Gasteiger partial charge >= 0.3 is 6.18 Å². The molecular formula is C18H16F3NO3. The van der Waals surface area contributed by atoms with E-state index in [2.05, 4.69) is 5.32 Å². The first kappa shape index (κ1) is 18.4. The Bertz CT molecular complexity index is 785. The molecule has 0 heterocycles. The minimum absolute atomic E-state index is 0.270. The lowest BCUT2D eigenvalue weighted by atomic mass is 10.1. The molecule has 0 atom stereocenters. The van der Waals surface area contributed by atoms with Crippen molar-refractivity contribution < 1.29 is 27.4 Å². The SMILES string of the molecule is COc1ccc(NC(=O)/C=C/c2cccc(C(F)(F)F)c2)c(OC)c1. The van der Waals surface area contributed by atoms with E-state index in [1.54, 1.807) is 18.2 Å². The predicted molar refractivity (Wildman–Crippen MR) is 88.7 cm³/mol. The first-order valence-corrected chi connectivity index (χ1v) is 7.22. The van der Waals surface area contributed by atoms with Crippen LogP contribution in [0, 0.1) is 0 Å². The van der Waals surface area contributed by atoms with Crippen molar-refractivity contribution in [3.8, 4) is 11.5 Å². The Kier molecular flexibility index (Phi) is 5.69.